The number of aromatic nitrogens is 2. The molecule has 0 saturated carbocycles. The highest BCUT2D eigenvalue weighted by Gasteiger charge is 2.28. The smallest absolute Gasteiger partial charge is 0.317 e. The van der Waals surface area contributed by atoms with E-state index in [0.717, 1.165) is 54.4 Å². The van der Waals surface area contributed by atoms with Gasteiger partial charge in [0.05, 0.1) is 17.8 Å². The molecule has 2 aromatic carbocycles. The van der Waals surface area contributed by atoms with Gasteiger partial charge in [-0.15, -0.1) is 0 Å². The SMILES string of the molecule is Cc1ccc(Oc2nc(N3CCCCC3)nc3c2CN(C(=O)NCc2ccccc2)CC3)cc1. The summed E-state index contributed by atoms with van der Waals surface area (Å²) in [7, 11) is 0. The highest BCUT2D eigenvalue weighted by molar-refractivity contribution is 5.74. The Morgan fingerprint density at radius 1 is 0.971 bits per heavy atom. The van der Waals surface area contributed by atoms with Crippen LogP contribution in [0.4, 0.5) is 10.7 Å². The zero-order chi connectivity index (χ0) is 23.3. The number of urea groups is 1. The van der Waals surface area contributed by atoms with Crippen LogP contribution in [-0.2, 0) is 19.5 Å². The number of rotatable bonds is 5. The minimum absolute atomic E-state index is 0.0871. The van der Waals surface area contributed by atoms with Gasteiger partial charge in [-0.3, -0.25) is 0 Å². The molecule has 1 fully saturated rings. The first-order valence-corrected chi connectivity index (χ1v) is 12.1. The summed E-state index contributed by atoms with van der Waals surface area (Å²) < 4.78 is 6.28. The van der Waals surface area contributed by atoms with E-state index in [1.165, 1.54) is 12.0 Å². The molecule has 34 heavy (non-hydrogen) atoms. The van der Waals surface area contributed by atoms with Crippen molar-refractivity contribution in [2.45, 2.75) is 45.7 Å². The molecular weight excluding hydrogens is 426 g/mol. The number of hydrogen-bond donors (Lipinski definition) is 1. The van der Waals surface area contributed by atoms with E-state index in [4.69, 9.17) is 14.7 Å². The summed E-state index contributed by atoms with van der Waals surface area (Å²) in [5.41, 5.74) is 4.12. The van der Waals surface area contributed by atoms with Crippen LogP contribution in [0.15, 0.2) is 54.6 Å². The second-order valence-electron chi connectivity index (χ2n) is 9.03. The predicted molar refractivity (Wildman–Crippen MR) is 132 cm³/mol. The van der Waals surface area contributed by atoms with Crippen LogP contribution in [0.1, 0.15) is 41.6 Å². The van der Waals surface area contributed by atoms with Gasteiger partial charge < -0.3 is 19.9 Å². The third-order valence-corrected chi connectivity index (χ3v) is 6.46. The van der Waals surface area contributed by atoms with E-state index in [1.807, 2.05) is 59.5 Å². The summed E-state index contributed by atoms with van der Waals surface area (Å²) >= 11 is 0. The van der Waals surface area contributed by atoms with Crippen molar-refractivity contribution in [2.75, 3.05) is 24.5 Å². The first kappa shape index (κ1) is 22.2. The fourth-order valence-electron chi connectivity index (χ4n) is 4.47. The van der Waals surface area contributed by atoms with Crippen molar-refractivity contribution in [3.63, 3.8) is 0 Å². The maximum Gasteiger partial charge on any atom is 0.317 e. The molecule has 7 heteroatoms. The third kappa shape index (κ3) is 5.14. The number of nitrogens with one attached hydrogen (secondary N) is 1. The minimum Gasteiger partial charge on any atom is -0.438 e. The summed E-state index contributed by atoms with van der Waals surface area (Å²) in [5.74, 6) is 2.03. The molecule has 0 radical (unpaired) electrons. The van der Waals surface area contributed by atoms with E-state index < -0.39 is 0 Å². The summed E-state index contributed by atoms with van der Waals surface area (Å²) in [6.45, 7) is 5.54. The van der Waals surface area contributed by atoms with E-state index in [0.29, 0.717) is 31.9 Å². The van der Waals surface area contributed by atoms with Crippen LogP contribution in [0.25, 0.3) is 0 Å². The summed E-state index contributed by atoms with van der Waals surface area (Å²) in [6, 6.07) is 17.8. The van der Waals surface area contributed by atoms with E-state index in [9.17, 15) is 4.79 Å². The van der Waals surface area contributed by atoms with Crippen LogP contribution < -0.4 is 15.0 Å². The Kier molecular flexibility index (Phi) is 6.60. The van der Waals surface area contributed by atoms with Gasteiger partial charge in [0.25, 0.3) is 0 Å². The van der Waals surface area contributed by atoms with Gasteiger partial charge in [-0.1, -0.05) is 48.0 Å². The molecule has 3 heterocycles. The van der Waals surface area contributed by atoms with Crippen molar-refractivity contribution in [3.05, 3.63) is 77.0 Å². The normalized spacial score (nSPS) is 15.6. The molecule has 2 aliphatic heterocycles. The Morgan fingerprint density at radius 2 is 1.74 bits per heavy atom. The van der Waals surface area contributed by atoms with Crippen LogP contribution in [0.5, 0.6) is 11.6 Å². The molecule has 1 saturated heterocycles. The monoisotopic (exact) mass is 457 g/mol. The number of fused-ring (bicyclic) bond motifs is 1. The number of carbonyl (C=O) groups is 1. The second-order valence-corrected chi connectivity index (χ2v) is 9.03. The van der Waals surface area contributed by atoms with Crippen LogP contribution in [0.3, 0.4) is 0 Å². The molecule has 0 bridgehead atoms. The number of amides is 2. The van der Waals surface area contributed by atoms with Gasteiger partial charge in [-0.25, -0.2) is 9.78 Å². The molecule has 0 atom stereocenters. The van der Waals surface area contributed by atoms with Crippen molar-refractivity contribution in [1.82, 2.24) is 20.2 Å². The molecule has 3 aromatic rings. The maximum absolute atomic E-state index is 12.9. The highest BCUT2D eigenvalue weighted by atomic mass is 16.5. The third-order valence-electron chi connectivity index (χ3n) is 6.46. The van der Waals surface area contributed by atoms with Gasteiger partial charge in [0.2, 0.25) is 11.8 Å². The number of hydrogen-bond acceptors (Lipinski definition) is 5. The fourth-order valence-corrected chi connectivity index (χ4v) is 4.47. The highest BCUT2D eigenvalue weighted by Crippen LogP contribution is 2.32. The number of benzene rings is 2. The van der Waals surface area contributed by atoms with Crippen molar-refractivity contribution in [3.8, 4) is 11.6 Å². The Bertz CT molecular complexity index is 1130. The van der Waals surface area contributed by atoms with E-state index in [2.05, 4.69) is 17.1 Å². The predicted octanol–water partition coefficient (Wildman–Crippen LogP) is 4.84. The number of carbonyl (C=O) groups excluding carboxylic acids is 1. The Hall–Kier alpha value is -3.61. The van der Waals surface area contributed by atoms with Crippen molar-refractivity contribution in [1.29, 1.82) is 0 Å². The van der Waals surface area contributed by atoms with Gasteiger partial charge in [0.1, 0.15) is 5.75 Å². The van der Waals surface area contributed by atoms with E-state index in [1.54, 1.807) is 0 Å². The first-order chi connectivity index (χ1) is 16.7. The van der Waals surface area contributed by atoms with Gasteiger partial charge in [0, 0.05) is 32.6 Å². The molecular formula is C27H31N5O2. The number of anilines is 1. The molecule has 2 aliphatic rings. The average Bonchev–Trinajstić information content (AvgIpc) is 2.89. The number of nitrogens with zero attached hydrogens (tertiary/aromatic N) is 4. The lowest BCUT2D eigenvalue weighted by atomic mass is 10.1. The number of piperidine rings is 1. The summed E-state index contributed by atoms with van der Waals surface area (Å²) in [6.07, 6.45) is 4.25. The molecule has 1 N–H and O–H groups in total. The van der Waals surface area contributed by atoms with Crippen molar-refractivity contribution < 1.29 is 9.53 Å². The van der Waals surface area contributed by atoms with Crippen LogP contribution in [0.2, 0.25) is 0 Å². The van der Waals surface area contributed by atoms with Gasteiger partial charge in [0.15, 0.2) is 0 Å². The van der Waals surface area contributed by atoms with Crippen LogP contribution in [-0.4, -0.2) is 40.5 Å². The van der Waals surface area contributed by atoms with Gasteiger partial charge in [-0.05, 0) is 43.9 Å². The Balaban J connectivity index is 1.38. The maximum atomic E-state index is 12.9. The van der Waals surface area contributed by atoms with Crippen LogP contribution >= 0.6 is 0 Å². The average molecular weight is 458 g/mol. The topological polar surface area (TPSA) is 70.6 Å². The molecule has 1 aromatic heterocycles. The quantitative estimate of drug-likeness (QED) is 0.594. The Morgan fingerprint density at radius 3 is 2.50 bits per heavy atom. The number of aryl methyl sites for hydroxylation is 1. The molecule has 0 aliphatic carbocycles. The molecule has 7 nitrogen and oxygen atoms in total. The van der Waals surface area contributed by atoms with Crippen molar-refractivity contribution in [2.24, 2.45) is 0 Å². The molecule has 0 spiro atoms. The standard InChI is InChI=1S/C27H31N5O2/c1-20-10-12-22(13-11-20)34-25-23-19-32(27(33)28-18-21-8-4-2-5-9-21)17-14-24(23)29-26(30-25)31-15-6-3-7-16-31/h2,4-5,8-13H,3,6-7,14-19H2,1H3,(H,28,33). The summed E-state index contributed by atoms with van der Waals surface area (Å²) in [5, 5.41) is 3.04. The zero-order valence-electron chi connectivity index (χ0n) is 19.7. The molecule has 5 rings (SSSR count). The zero-order valence-corrected chi connectivity index (χ0v) is 19.7. The Labute approximate surface area is 200 Å². The minimum atomic E-state index is -0.0871. The summed E-state index contributed by atoms with van der Waals surface area (Å²) in [4.78, 5) is 26.8. The van der Waals surface area contributed by atoms with Gasteiger partial charge in [-0.2, -0.15) is 4.98 Å². The lowest BCUT2D eigenvalue weighted by Gasteiger charge is -2.32. The fraction of sp³-hybridized carbons (Fsp3) is 0.370. The molecule has 0 unspecified atom stereocenters. The van der Waals surface area contributed by atoms with Gasteiger partial charge >= 0.3 is 6.03 Å². The lowest BCUT2D eigenvalue weighted by molar-refractivity contribution is 0.190. The van der Waals surface area contributed by atoms with Crippen molar-refractivity contribution >= 4 is 12.0 Å². The molecule has 176 valence electrons. The molecule has 2 amide bonds. The van der Waals surface area contributed by atoms with E-state index in [-0.39, 0.29) is 6.03 Å². The van der Waals surface area contributed by atoms with Crippen LogP contribution in [0, 0.1) is 6.92 Å². The van der Waals surface area contributed by atoms with E-state index >= 15 is 0 Å². The lowest BCUT2D eigenvalue weighted by Crippen LogP contribution is -2.43. The largest absolute Gasteiger partial charge is 0.438 e. The second kappa shape index (κ2) is 10.1. The first-order valence-electron chi connectivity index (χ1n) is 12.1. The number of ether oxygens (including phenoxy) is 1.